The molecule has 0 saturated heterocycles. The number of aromatic nitrogens is 4. The smallest absolute Gasteiger partial charge is 0.148 e. The van der Waals surface area contributed by atoms with E-state index in [2.05, 4.69) is 64.0 Å². The maximum atomic E-state index is 5.14. The van der Waals surface area contributed by atoms with E-state index in [1.807, 2.05) is 30.7 Å². The lowest BCUT2D eigenvalue weighted by molar-refractivity contribution is 1.22. The molecule has 7 aromatic rings. The minimum absolute atomic E-state index is 0.917. The molecule has 2 aliphatic carbocycles. The Kier molecular flexibility index (Phi) is 3.11. The number of pyridine rings is 3. The second-order valence-electron chi connectivity index (χ2n) is 9.66. The first kappa shape index (κ1) is 17.8. The molecule has 0 radical (unpaired) electrons. The molecule has 0 saturated carbocycles. The van der Waals surface area contributed by atoms with Crippen molar-refractivity contribution in [3.05, 3.63) is 108 Å². The van der Waals surface area contributed by atoms with E-state index < -0.39 is 0 Å². The van der Waals surface area contributed by atoms with Crippen LogP contribution in [0.2, 0.25) is 0 Å². The Morgan fingerprint density at radius 3 is 2.60 bits per heavy atom. The second-order valence-corrected chi connectivity index (χ2v) is 9.66. The van der Waals surface area contributed by atoms with Crippen LogP contribution in [-0.4, -0.2) is 19.4 Å². The van der Waals surface area contributed by atoms with Crippen molar-refractivity contribution in [2.24, 2.45) is 0 Å². The lowest BCUT2D eigenvalue weighted by Crippen LogP contribution is -1.95. The summed E-state index contributed by atoms with van der Waals surface area (Å²) < 4.78 is 2.32. The van der Waals surface area contributed by atoms with E-state index in [-0.39, 0.29) is 0 Å². The Labute approximate surface area is 200 Å². The fourth-order valence-corrected chi connectivity index (χ4v) is 6.56. The highest BCUT2D eigenvalue weighted by Gasteiger charge is 2.30. The largest absolute Gasteiger partial charge is 0.290 e. The molecule has 0 spiro atoms. The molecule has 0 bridgehead atoms. The zero-order valence-electron chi connectivity index (χ0n) is 18.8. The Morgan fingerprint density at radius 1 is 0.686 bits per heavy atom. The van der Waals surface area contributed by atoms with E-state index in [1.165, 1.54) is 50.0 Å². The zero-order valence-corrected chi connectivity index (χ0v) is 18.8. The van der Waals surface area contributed by atoms with Crippen molar-refractivity contribution < 1.29 is 0 Å². The molecule has 35 heavy (non-hydrogen) atoms. The molecule has 162 valence electrons. The van der Waals surface area contributed by atoms with Gasteiger partial charge >= 0.3 is 0 Å². The van der Waals surface area contributed by atoms with Crippen molar-refractivity contribution in [3.63, 3.8) is 0 Å². The maximum absolute atomic E-state index is 5.14. The van der Waals surface area contributed by atoms with Crippen LogP contribution in [0.5, 0.6) is 0 Å². The van der Waals surface area contributed by atoms with Crippen molar-refractivity contribution in [2.45, 2.75) is 12.8 Å². The number of hydrogen-bond acceptors (Lipinski definition) is 3. The fourth-order valence-electron chi connectivity index (χ4n) is 6.56. The van der Waals surface area contributed by atoms with Crippen LogP contribution in [0.15, 0.2) is 85.3 Å². The third-order valence-electron chi connectivity index (χ3n) is 7.98. The summed E-state index contributed by atoms with van der Waals surface area (Å²) in [7, 11) is 0. The lowest BCUT2D eigenvalue weighted by atomic mass is 9.95. The molecule has 0 fully saturated rings. The summed E-state index contributed by atoms with van der Waals surface area (Å²) in [5.41, 5.74) is 16.4. The van der Waals surface area contributed by atoms with Crippen LogP contribution in [-0.2, 0) is 12.8 Å². The van der Waals surface area contributed by atoms with Gasteiger partial charge in [-0.05, 0) is 75.2 Å². The number of benzene rings is 3. The first-order chi connectivity index (χ1) is 17.4. The fraction of sp³-hybridized carbons (Fsp3) is 0.0645. The van der Waals surface area contributed by atoms with Gasteiger partial charge in [-0.3, -0.25) is 14.4 Å². The van der Waals surface area contributed by atoms with Gasteiger partial charge in [-0.1, -0.05) is 42.5 Å². The van der Waals surface area contributed by atoms with Crippen LogP contribution in [0.4, 0.5) is 0 Å². The van der Waals surface area contributed by atoms with Gasteiger partial charge < -0.3 is 0 Å². The molecule has 0 atom stereocenters. The molecule has 4 aromatic heterocycles. The van der Waals surface area contributed by atoms with Crippen LogP contribution >= 0.6 is 0 Å². The number of imidazole rings is 1. The Hall–Kier alpha value is -4.57. The number of nitrogens with zero attached hydrogens (tertiary/aromatic N) is 4. The van der Waals surface area contributed by atoms with Crippen molar-refractivity contribution in [3.8, 4) is 22.3 Å². The van der Waals surface area contributed by atoms with Gasteiger partial charge in [0.15, 0.2) is 0 Å². The summed E-state index contributed by atoms with van der Waals surface area (Å²) in [5.74, 6) is 0. The molecule has 0 N–H and O–H groups in total. The van der Waals surface area contributed by atoms with Gasteiger partial charge in [-0.25, -0.2) is 4.98 Å². The van der Waals surface area contributed by atoms with E-state index in [0.29, 0.717) is 0 Å². The van der Waals surface area contributed by atoms with E-state index >= 15 is 0 Å². The molecule has 3 aromatic carbocycles. The van der Waals surface area contributed by atoms with E-state index in [9.17, 15) is 0 Å². The molecule has 0 amide bonds. The SMILES string of the molecule is c1ccc2c(c1)Cc1ccc3c(c1-2)Cc1c-3ccc2nc3c4cnccc4c4ncccc4n3c12. The standard InChI is InChI=1S/C31H18N4/c1-2-5-19-17(4-1)14-18-7-8-20-21-9-10-26-30(24(21)15-23(20)28(18)19)35-27-6-3-12-33-29(27)22-11-13-32-16-25(22)31(35)34-26/h1-13,16H,14-15H2. The topological polar surface area (TPSA) is 43.1 Å². The normalized spacial score (nSPS) is 13.5. The predicted molar refractivity (Wildman–Crippen MR) is 140 cm³/mol. The average Bonchev–Trinajstić information content (AvgIpc) is 3.59. The Bertz CT molecular complexity index is 2070. The quantitative estimate of drug-likeness (QED) is 0.243. The van der Waals surface area contributed by atoms with Crippen LogP contribution < -0.4 is 0 Å². The molecule has 4 heterocycles. The third kappa shape index (κ3) is 2.11. The summed E-state index contributed by atoms with van der Waals surface area (Å²) in [6.07, 6.45) is 7.57. The van der Waals surface area contributed by atoms with Crippen molar-refractivity contribution >= 4 is 38.5 Å². The maximum Gasteiger partial charge on any atom is 0.148 e. The van der Waals surface area contributed by atoms with E-state index in [0.717, 1.165) is 45.8 Å². The van der Waals surface area contributed by atoms with Crippen LogP contribution in [0.1, 0.15) is 22.3 Å². The second kappa shape index (κ2) is 6.10. The molecule has 4 heteroatoms. The van der Waals surface area contributed by atoms with Gasteiger partial charge in [0.05, 0.1) is 22.1 Å². The van der Waals surface area contributed by atoms with E-state index in [4.69, 9.17) is 9.97 Å². The van der Waals surface area contributed by atoms with Gasteiger partial charge in [0.1, 0.15) is 5.65 Å². The Balaban J connectivity index is 1.42. The lowest BCUT2D eigenvalue weighted by Gasteiger charge is -2.09. The summed E-state index contributed by atoms with van der Waals surface area (Å²) in [4.78, 5) is 14.3. The minimum atomic E-state index is 0.917. The van der Waals surface area contributed by atoms with Crippen molar-refractivity contribution in [2.75, 3.05) is 0 Å². The number of hydrogen-bond donors (Lipinski definition) is 0. The number of fused-ring (bicyclic) bond motifs is 16. The van der Waals surface area contributed by atoms with Crippen molar-refractivity contribution in [1.82, 2.24) is 19.4 Å². The molecule has 4 nitrogen and oxygen atoms in total. The van der Waals surface area contributed by atoms with Gasteiger partial charge in [-0.15, -0.1) is 0 Å². The molecular weight excluding hydrogens is 428 g/mol. The first-order valence-corrected chi connectivity index (χ1v) is 12.0. The molecule has 2 aliphatic rings. The van der Waals surface area contributed by atoms with Crippen molar-refractivity contribution in [1.29, 1.82) is 0 Å². The zero-order chi connectivity index (χ0) is 22.7. The Morgan fingerprint density at radius 2 is 1.60 bits per heavy atom. The van der Waals surface area contributed by atoms with Crippen LogP contribution in [0.3, 0.4) is 0 Å². The van der Waals surface area contributed by atoms with Crippen LogP contribution in [0.25, 0.3) is 60.7 Å². The highest BCUT2D eigenvalue weighted by Crippen LogP contribution is 2.49. The van der Waals surface area contributed by atoms with Gasteiger partial charge in [0.25, 0.3) is 0 Å². The first-order valence-electron chi connectivity index (χ1n) is 12.0. The summed E-state index contributed by atoms with van der Waals surface area (Å²) in [6.45, 7) is 0. The summed E-state index contributed by atoms with van der Waals surface area (Å²) in [6, 6.07) is 24.2. The van der Waals surface area contributed by atoms with Gasteiger partial charge in [0.2, 0.25) is 0 Å². The van der Waals surface area contributed by atoms with Crippen LogP contribution in [0, 0.1) is 0 Å². The predicted octanol–water partition coefficient (Wildman–Crippen LogP) is 6.73. The highest BCUT2D eigenvalue weighted by molar-refractivity contribution is 6.12. The summed E-state index contributed by atoms with van der Waals surface area (Å²) in [5, 5.41) is 2.13. The molecular formula is C31H18N4. The number of rotatable bonds is 0. The average molecular weight is 447 g/mol. The molecule has 0 aliphatic heterocycles. The molecule has 0 unspecified atom stereocenters. The summed E-state index contributed by atoms with van der Waals surface area (Å²) >= 11 is 0. The molecule has 9 rings (SSSR count). The third-order valence-corrected chi connectivity index (χ3v) is 7.98. The van der Waals surface area contributed by atoms with Gasteiger partial charge in [0, 0.05) is 35.8 Å². The highest BCUT2D eigenvalue weighted by atomic mass is 15.0. The minimum Gasteiger partial charge on any atom is -0.290 e. The van der Waals surface area contributed by atoms with Gasteiger partial charge in [-0.2, -0.15) is 0 Å². The van der Waals surface area contributed by atoms with E-state index in [1.54, 1.807) is 0 Å². The monoisotopic (exact) mass is 446 g/mol.